The van der Waals surface area contributed by atoms with Crippen LogP contribution in [0.3, 0.4) is 0 Å². The van der Waals surface area contributed by atoms with E-state index in [9.17, 15) is 0 Å². The highest BCUT2D eigenvalue weighted by Crippen LogP contribution is 2.27. The molecule has 0 amide bonds. The number of fused-ring (bicyclic) bond motifs is 1. The number of nitrogens with one attached hydrogen (secondary N) is 1. The van der Waals surface area contributed by atoms with Gasteiger partial charge in [-0.1, -0.05) is 12.1 Å². The van der Waals surface area contributed by atoms with Crippen molar-refractivity contribution < 1.29 is 0 Å². The van der Waals surface area contributed by atoms with Crippen molar-refractivity contribution in [1.82, 2.24) is 10.3 Å². The van der Waals surface area contributed by atoms with Gasteiger partial charge in [-0.3, -0.25) is 0 Å². The lowest BCUT2D eigenvalue weighted by Gasteiger charge is -2.00. The normalized spacial score (nSPS) is 14.2. The summed E-state index contributed by atoms with van der Waals surface area (Å²) in [5.74, 6) is 0. The Hall–Kier alpha value is -1.19. The second kappa shape index (κ2) is 3.43. The van der Waals surface area contributed by atoms with E-state index in [2.05, 4.69) is 33.9 Å². The van der Waals surface area contributed by atoms with Gasteiger partial charge in [0.2, 0.25) is 0 Å². The van der Waals surface area contributed by atoms with Crippen molar-refractivity contribution in [2.75, 3.05) is 0 Å². The van der Waals surface area contributed by atoms with Crippen LogP contribution in [0, 0.1) is 6.92 Å². The van der Waals surface area contributed by atoms with Crippen LogP contribution in [0.15, 0.2) is 23.6 Å². The first-order valence-corrected chi connectivity index (χ1v) is 5.96. The van der Waals surface area contributed by atoms with Gasteiger partial charge in [0.15, 0.2) is 0 Å². The van der Waals surface area contributed by atoms with Crippen LogP contribution in [-0.4, -0.2) is 4.98 Å². The molecule has 3 heteroatoms. The van der Waals surface area contributed by atoms with Gasteiger partial charge in [0, 0.05) is 29.7 Å². The number of thiazole rings is 1. The van der Waals surface area contributed by atoms with Gasteiger partial charge >= 0.3 is 0 Å². The molecule has 0 aliphatic carbocycles. The van der Waals surface area contributed by atoms with E-state index >= 15 is 0 Å². The summed E-state index contributed by atoms with van der Waals surface area (Å²) < 4.78 is 0. The SMILES string of the molecule is Cc1csc(-c2ccc3c(c2)CNC3)n1. The molecule has 15 heavy (non-hydrogen) atoms. The van der Waals surface area contributed by atoms with E-state index in [0.29, 0.717) is 0 Å². The number of benzene rings is 1. The van der Waals surface area contributed by atoms with Gasteiger partial charge in [-0.15, -0.1) is 11.3 Å². The zero-order valence-electron chi connectivity index (χ0n) is 8.58. The smallest absolute Gasteiger partial charge is 0.123 e. The number of hydrogen-bond donors (Lipinski definition) is 1. The maximum atomic E-state index is 4.50. The Morgan fingerprint density at radius 2 is 2.13 bits per heavy atom. The predicted octanol–water partition coefficient (Wildman–Crippen LogP) is 2.72. The molecule has 0 saturated carbocycles. The minimum absolute atomic E-state index is 0.994. The van der Waals surface area contributed by atoms with Crippen LogP contribution in [0.1, 0.15) is 16.8 Å². The Morgan fingerprint density at radius 3 is 2.93 bits per heavy atom. The lowest BCUT2D eigenvalue weighted by molar-refractivity contribution is 0.765. The monoisotopic (exact) mass is 216 g/mol. The van der Waals surface area contributed by atoms with E-state index in [0.717, 1.165) is 23.8 Å². The van der Waals surface area contributed by atoms with E-state index in [1.54, 1.807) is 11.3 Å². The van der Waals surface area contributed by atoms with E-state index in [1.165, 1.54) is 16.7 Å². The van der Waals surface area contributed by atoms with Crippen molar-refractivity contribution in [2.24, 2.45) is 0 Å². The molecule has 0 saturated heterocycles. The average Bonchev–Trinajstić information content (AvgIpc) is 2.84. The van der Waals surface area contributed by atoms with Crippen LogP contribution < -0.4 is 5.32 Å². The number of nitrogens with zero attached hydrogens (tertiary/aromatic N) is 1. The lowest BCUT2D eigenvalue weighted by Crippen LogP contribution is -1.99. The molecule has 2 heterocycles. The molecule has 1 aromatic carbocycles. The first-order valence-electron chi connectivity index (χ1n) is 5.08. The quantitative estimate of drug-likeness (QED) is 0.792. The van der Waals surface area contributed by atoms with Crippen LogP contribution >= 0.6 is 11.3 Å². The van der Waals surface area contributed by atoms with E-state index in [1.807, 2.05) is 6.92 Å². The van der Waals surface area contributed by atoms with Crippen LogP contribution in [0.4, 0.5) is 0 Å². The fraction of sp³-hybridized carbons (Fsp3) is 0.250. The predicted molar refractivity (Wildman–Crippen MR) is 62.8 cm³/mol. The molecular formula is C12H12N2S. The zero-order valence-corrected chi connectivity index (χ0v) is 9.40. The average molecular weight is 216 g/mol. The standard InChI is InChI=1S/C12H12N2S/c1-8-7-15-12(14-8)9-2-3-10-5-13-6-11(10)4-9/h2-4,7,13H,5-6H2,1H3. The van der Waals surface area contributed by atoms with Gasteiger partial charge in [-0.2, -0.15) is 0 Å². The number of hydrogen-bond acceptors (Lipinski definition) is 3. The topological polar surface area (TPSA) is 24.9 Å². The molecule has 1 N–H and O–H groups in total. The fourth-order valence-corrected chi connectivity index (χ4v) is 2.71. The number of aryl methyl sites for hydroxylation is 1. The van der Waals surface area contributed by atoms with Gasteiger partial charge in [-0.25, -0.2) is 4.98 Å². The molecule has 0 bridgehead atoms. The molecule has 2 nitrogen and oxygen atoms in total. The van der Waals surface area contributed by atoms with Gasteiger partial charge < -0.3 is 5.32 Å². The molecule has 0 atom stereocenters. The highest BCUT2D eigenvalue weighted by atomic mass is 32.1. The molecule has 1 aliphatic heterocycles. The molecule has 2 aromatic rings. The maximum Gasteiger partial charge on any atom is 0.123 e. The third-order valence-corrected chi connectivity index (χ3v) is 3.71. The van der Waals surface area contributed by atoms with Crippen LogP contribution in [0.2, 0.25) is 0 Å². The van der Waals surface area contributed by atoms with Gasteiger partial charge in [0.1, 0.15) is 5.01 Å². The Balaban J connectivity index is 2.06. The second-order valence-corrected chi connectivity index (χ2v) is 4.74. The molecule has 0 fully saturated rings. The van der Waals surface area contributed by atoms with Crippen molar-refractivity contribution in [1.29, 1.82) is 0 Å². The summed E-state index contributed by atoms with van der Waals surface area (Å²) in [6, 6.07) is 6.64. The molecular weight excluding hydrogens is 204 g/mol. The zero-order chi connectivity index (χ0) is 10.3. The van der Waals surface area contributed by atoms with Crippen LogP contribution in [0.25, 0.3) is 10.6 Å². The largest absolute Gasteiger partial charge is 0.309 e. The van der Waals surface area contributed by atoms with Crippen molar-refractivity contribution >= 4 is 11.3 Å². The highest BCUT2D eigenvalue weighted by molar-refractivity contribution is 7.13. The molecule has 1 aromatic heterocycles. The van der Waals surface area contributed by atoms with Gasteiger partial charge in [0.25, 0.3) is 0 Å². The fourth-order valence-electron chi connectivity index (χ4n) is 1.91. The summed E-state index contributed by atoms with van der Waals surface area (Å²) >= 11 is 1.72. The van der Waals surface area contributed by atoms with Crippen molar-refractivity contribution in [3.05, 3.63) is 40.4 Å². The summed E-state index contributed by atoms with van der Waals surface area (Å²) in [4.78, 5) is 4.50. The minimum atomic E-state index is 0.994. The minimum Gasteiger partial charge on any atom is -0.309 e. The van der Waals surface area contributed by atoms with E-state index < -0.39 is 0 Å². The van der Waals surface area contributed by atoms with Crippen LogP contribution in [-0.2, 0) is 13.1 Å². The van der Waals surface area contributed by atoms with Crippen molar-refractivity contribution in [2.45, 2.75) is 20.0 Å². The molecule has 0 unspecified atom stereocenters. The number of rotatable bonds is 1. The third kappa shape index (κ3) is 1.58. The summed E-state index contributed by atoms with van der Waals surface area (Å²) in [6.07, 6.45) is 0. The highest BCUT2D eigenvalue weighted by Gasteiger charge is 2.11. The molecule has 1 aliphatic rings. The van der Waals surface area contributed by atoms with Crippen LogP contribution in [0.5, 0.6) is 0 Å². The third-order valence-electron chi connectivity index (χ3n) is 2.70. The Kier molecular flexibility index (Phi) is 2.08. The Bertz CT molecular complexity index is 502. The first kappa shape index (κ1) is 9.07. The van der Waals surface area contributed by atoms with Gasteiger partial charge in [0.05, 0.1) is 0 Å². The van der Waals surface area contributed by atoms with Gasteiger partial charge in [-0.05, 0) is 24.1 Å². The summed E-state index contributed by atoms with van der Waals surface area (Å²) in [6.45, 7) is 4.04. The maximum absolute atomic E-state index is 4.50. The van der Waals surface area contributed by atoms with E-state index in [-0.39, 0.29) is 0 Å². The Labute approximate surface area is 93.0 Å². The van der Waals surface area contributed by atoms with Crippen molar-refractivity contribution in [3.63, 3.8) is 0 Å². The van der Waals surface area contributed by atoms with E-state index in [4.69, 9.17) is 0 Å². The molecule has 76 valence electrons. The van der Waals surface area contributed by atoms with Crippen molar-refractivity contribution in [3.8, 4) is 10.6 Å². The summed E-state index contributed by atoms with van der Waals surface area (Å²) in [5.41, 5.74) is 5.19. The summed E-state index contributed by atoms with van der Waals surface area (Å²) in [7, 11) is 0. The number of aromatic nitrogens is 1. The molecule has 3 rings (SSSR count). The molecule has 0 radical (unpaired) electrons. The lowest BCUT2D eigenvalue weighted by atomic mass is 10.1. The second-order valence-electron chi connectivity index (χ2n) is 3.88. The first-order chi connectivity index (χ1) is 7.33. The molecule has 0 spiro atoms. The summed E-state index contributed by atoms with van der Waals surface area (Å²) in [5, 5.41) is 6.58. The Morgan fingerprint density at radius 1 is 1.27 bits per heavy atom.